The second kappa shape index (κ2) is 5.81. The average Bonchev–Trinajstić information content (AvgIpc) is 3.07. The van der Waals surface area contributed by atoms with Gasteiger partial charge in [0.1, 0.15) is 0 Å². The minimum Gasteiger partial charge on any atom is -0.454 e. The van der Waals surface area contributed by atoms with Crippen LogP contribution in [0.4, 0.5) is 0 Å². The van der Waals surface area contributed by atoms with Crippen molar-refractivity contribution in [2.75, 3.05) is 33.5 Å². The van der Waals surface area contributed by atoms with Crippen LogP contribution in [0.1, 0.15) is 23.2 Å². The van der Waals surface area contributed by atoms with Crippen LogP contribution in [0.2, 0.25) is 0 Å². The molecule has 0 N–H and O–H groups in total. The molecule has 0 aliphatic carbocycles. The van der Waals surface area contributed by atoms with Crippen molar-refractivity contribution in [3.05, 3.63) is 23.8 Å². The van der Waals surface area contributed by atoms with Gasteiger partial charge in [-0.25, -0.2) is 0 Å². The zero-order valence-corrected chi connectivity index (χ0v) is 11.6. The van der Waals surface area contributed by atoms with E-state index < -0.39 is 0 Å². The first-order valence-electron chi connectivity index (χ1n) is 6.95. The van der Waals surface area contributed by atoms with Gasteiger partial charge in [-0.15, -0.1) is 0 Å². The van der Waals surface area contributed by atoms with Crippen molar-refractivity contribution in [2.45, 2.75) is 18.9 Å². The molecular weight excluding hydrogens is 258 g/mol. The van der Waals surface area contributed by atoms with Crippen LogP contribution in [0.5, 0.6) is 11.5 Å². The number of hydrogen-bond acceptors (Lipinski definition) is 5. The van der Waals surface area contributed by atoms with Crippen molar-refractivity contribution in [3.8, 4) is 11.5 Å². The first kappa shape index (κ1) is 13.4. The molecule has 1 aromatic rings. The molecule has 1 unspecified atom stereocenters. The smallest absolute Gasteiger partial charge is 0.231 e. The molecule has 0 spiro atoms. The summed E-state index contributed by atoms with van der Waals surface area (Å²) in [6.45, 7) is 2.26. The van der Waals surface area contributed by atoms with E-state index in [2.05, 4.69) is 0 Å². The number of fused-ring (bicyclic) bond motifs is 1. The quantitative estimate of drug-likeness (QED) is 0.767. The second-order valence-electron chi connectivity index (χ2n) is 5.32. The van der Waals surface area contributed by atoms with Crippen LogP contribution in [0.3, 0.4) is 0 Å². The van der Waals surface area contributed by atoms with Gasteiger partial charge in [-0.2, -0.15) is 0 Å². The maximum atomic E-state index is 12.2. The van der Waals surface area contributed by atoms with Gasteiger partial charge in [0.15, 0.2) is 17.3 Å². The van der Waals surface area contributed by atoms with Crippen molar-refractivity contribution in [3.63, 3.8) is 0 Å². The fourth-order valence-electron chi connectivity index (χ4n) is 2.61. The van der Waals surface area contributed by atoms with E-state index in [1.807, 2.05) is 11.9 Å². The van der Waals surface area contributed by atoms with Crippen molar-refractivity contribution < 1.29 is 19.0 Å². The number of likely N-dealkylation sites (N-methyl/N-ethyl adjacent to an activating group) is 1. The van der Waals surface area contributed by atoms with Gasteiger partial charge in [-0.1, -0.05) is 0 Å². The molecule has 0 saturated carbocycles. The van der Waals surface area contributed by atoms with E-state index in [9.17, 15) is 4.79 Å². The molecule has 108 valence electrons. The van der Waals surface area contributed by atoms with Crippen molar-refractivity contribution in [1.82, 2.24) is 4.90 Å². The zero-order chi connectivity index (χ0) is 13.9. The Bertz CT molecular complexity index is 497. The summed E-state index contributed by atoms with van der Waals surface area (Å²) < 4.78 is 16.1. The van der Waals surface area contributed by atoms with Gasteiger partial charge < -0.3 is 14.2 Å². The lowest BCUT2D eigenvalue weighted by atomic mass is 10.1. The Morgan fingerprint density at radius 2 is 2.20 bits per heavy atom. The van der Waals surface area contributed by atoms with Crippen molar-refractivity contribution >= 4 is 5.78 Å². The summed E-state index contributed by atoms with van der Waals surface area (Å²) in [5, 5.41) is 0. The lowest BCUT2D eigenvalue weighted by Crippen LogP contribution is -2.33. The fourth-order valence-corrected chi connectivity index (χ4v) is 2.61. The Morgan fingerprint density at radius 3 is 3.00 bits per heavy atom. The van der Waals surface area contributed by atoms with E-state index in [0.717, 1.165) is 26.0 Å². The molecule has 2 aliphatic heterocycles. The highest BCUT2D eigenvalue weighted by molar-refractivity contribution is 5.98. The summed E-state index contributed by atoms with van der Waals surface area (Å²) in [5.74, 6) is 1.44. The first-order valence-corrected chi connectivity index (χ1v) is 6.95. The van der Waals surface area contributed by atoms with Crippen LogP contribution >= 0.6 is 0 Å². The third-order valence-corrected chi connectivity index (χ3v) is 3.65. The molecular formula is C15H19NO4. The Labute approximate surface area is 118 Å². The third kappa shape index (κ3) is 2.94. The minimum atomic E-state index is 0.0868. The molecule has 3 rings (SSSR count). The Hall–Kier alpha value is -1.59. The summed E-state index contributed by atoms with van der Waals surface area (Å²) in [7, 11) is 1.95. The number of Topliss-reactive ketones (excluding diaryl/α,β-unsaturated/α-hetero) is 1. The highest BCUT2D eigenvalue weighted by Crippen LogP contribution is 2.32. The standard InChI is InChI=1S/C15H19NO4/c1-16(8-12-3-2-6-18-12)9-13(17)11-4-5-14-15(7-11)20-10-19-14/h4-5,7,12H,2-3,6,8-10H2,1H3. The van der Waals surface area contributed by atoms with Gasteiger partial charge >= 0.3 is 0 Å². The average molecular weight is 277 g/mol. The Morgan fingerprint density at radius 1 is 1.35 bits per heavy atom. The third-order valence-electron chi connectivity index (χ3n) is 3.65. The normalized spacial score (nSPS) is 20.6. The number of ether oxygens (including phenoxy) is 3. The maximum absolute atomic E-state index is 12.2. The summed E-state index contributed by atoms with van der Waals surface area (Å²) in [5.41, 5.74) is 0.661. The van der Waals surface area contributed by atoms with Crippen LogP contribution < -0.4 is 9.47 Å². The molecule has 0 bridgehead atoms. The van der Waals surface area contributed by atoms with Crippen LogP contribution in [-0.2, 0) is 4.74 Å². The Kier molecular flexibility index (Phi) is 3.89. The van der Waals surface area contributed by atoms with Gasteiger partial charge in [0.05, 0.1) is 12.6 Å². The van der Waals surface area contributed by atoms with Crippen molar-refractivity contribution in [2.24, 2.45) is 0 Å². The monoisotopic (exact) mass is 277 g/mol. The second-order valence-corrected chi connectivity index (χ2v) is 5.32. The molecule has 0 amide bonds. The molecule has 2 heterocycles. The largest absolute Gasteiger partial charge is 0.454 e. The molecule has 5 heteroatoms. The van der Waals surface area contributed by atoms with Crippen molar-refractivity contribution in [1.29, 1.82) is 0 Å². The number of ketones is 1. The van der Waals surface area contributed by atoms with Gasteiger partial charge in [0.2, 0.25) is 6.79 Å². The van der Waals surface area contributed by atoms with Crippen LogP contribution in [-0.4, -0.2) is 50.3 Å². The predicted octanol–water partition coefficient (Wildman–Crippen LogP) is 1.71. The van der Waals surface area contributed by atoms with Gasteiger partial charge in [-0.3, -0.25) is 9.69 Å². The predicted molar refractivity (Wildman–Crippen MR) is 73.4 cm³/mol. The van der Waals surface area contributed by atoms with E-state index in [0.29, 0.717) is 23.6 Å². The summed E-state index contributed by atoms with van der Waals surface area (Å²) in [4.78, 5) is 14.3. The van der Waals surface area contributed by atoms with Crippen LogP contribution in [0.25, 0.3) is 0 Å². The molecule has 2 aliphatic rings. The summed E-state index contributed by atoms with van der Waals surface area (Å²) in [6, 6.07) is 5.33. The summed E-state index contributed by atoms with van der Waals surface area (Å²) >= 11 is 0. The fraction of sp³-hybridized carbons (Fsp3) is 0.533. The van der Waals surface area contributed by atoms with E-state index >= 15 is 0 Å². The molecule has 1 fully saturated rings. The molecule has 0 aromatic heterocycles. The molecule has 5 nitrogen and oxygen atoms in total. The zero-order valence-electron chi connectivity index (χ0n) is 11.6. The molecule has 1 aromatic carbocycles. The molecule has 1 saturated heterocycles. The lowest BCUT2D eigenvalue weighted by Gasteiger charge is -2.19. The van der Waals surface area contributed by atoms with Gasteiger partial charge in [-0.05, 0) is 38.1 Å². The minimum absolute atomic E-state index is 0.0868. The molecule has 1 atom stereocenters. The number of hydrogen-bond donors (Lipinski definition) is 0. The summed E-state index contributed by atoms with van der Waals surface area (Å²) in [6.07, 6.45) is 2.47. The first-order chi connectivity index (χ1) is 9.72. The highest BCUT2D eigenvalue weighted by Gasteiger charge is 2.20. The van der Waals surface area contributed by atoms with Crippen LogP contribution in [0, 0.1) is 0 Å². The number of carbonyl (C=O) groups is 1. The number of carbonyl (C=O) groups excluding carboxylic acids is 1. The molecule has 0 radical (unpaired) electrons. The highest BCUT2D eigenvalue weighted by atomic mass is 16.7. The van der Waals surface area contributed by atoms with Gasteiger partial charge in [0, 0.05) is 18.7 Å². The number of benzene rings is 1. The number of nitrogens with zero attached hydrogens (tertiary/aromatic N) is 1. The lowest BCUT2D eigenvalue weighted by molar-refractivity contribution is 0.0740. The van der Waals surface area contributed by atoms with E-state index in [4.69, 9.17) is 14.2 Å². The maximum Gasteiger partial charge on any atom is 0.231 e. The van der Waals surface area contributed by atoms with Crippen LogP contribution in [0.15, 0.2) is 18.2 Å². The molecule has 20 heavy (non-hydrogen) atoms. The SMILES string of the molecule is CN(CC(=O)c1ccc2c(c1)OCO2)CC1CCCO1. The van der Waals surface area contributed by atoms with E-state index in [1.54, 1.807) is 18.2 Å². The Balaban J connectivity index is 1.58. The van der Waals surface area contributed by atoms with E-state index in [1.165, 1.54) is 0 Å². The topological polar surface area (TPSA) is 48.0 Å². The number of rotatable bonds is 5. The van der Waals surface area contributed by atoms with E-state index in [-0.39, 0.29) is 18.7 Å². The van der Waals surface area contributed by atoms with Gasteiger partial charge in [0.25, 0.3) is 0 Å².